The van der Waals surface area contributed by atoms with Gasteiger partial charge in [0.05, 0.1) is 17.2 Å². The van der Waals surface area contributed by atoms with Crippen LogP contribution >= 0.6 is 15.9 Å². The molecule has 0 aliphatic carbocycles. The molecular formula is C14H18BrN5. The third-order valence-corrected chi connectivity index (χ3v) is 4.22. The summed E-state index contributed by atoms with van der Waals surface area (Å²) in [6.07, 6.45) is 3.67. The predicted octanol–water partition coefficient (Wildman–Crippen LogP) is 1.47. The van der Waals surface area contributed by atoms with Crippen molar-refractivity contribution >= 4 is 32.7 Å². The fourth-order valence-electron chi connectivity index (χ4n) is 2.75. The van der Waals surface area contributed by atoms with E-state index in [4.69, 9.17) is 5.73 Å². The number of pyridine rings is 2. The molecule has 1 fully saturated rings. The summed E-state index contributed by atoms with van der Waals surface area (Å²) >= 11 is 3.44. The van der Waals surface area contributed by atoms with Gasteiger partial charge in [-0.2, -0.15) is 0 Å². The first-order valence-corrected chi connectivity index (χ1v) is 7.54. The zero-order chi connectivity index (χ0) is 14.1. The van der Waals surface area contributed by atoms with Gasteiger partial charge in [0, 0.05) is 43.0 Å². The maximum Gasteiger partial charge on any atom is 0.112 e. The van der Waals surface area contributed by atoms with Crippen LogP contribution in [-0.2, 0) is 0 Å². The SMILES string of the molecule is CN1CCN(c2ccnc3cc(Br)cnc23)C(CN)C1. The Balaban J connectivity index is 2.05. The van der Waals surface area contributed by atoms with Gasteiger partial charge < -0.3 is 15.5 Å². The molecule has 0 saturated carbocycles. The van der Waals surface area contributed by atoms with Gasteiger partial charge in [-0.05, 0) is 35.1 Å². The van der Waals surface area contributed by atoms with E-state index in [0.717, 1.165) is 40.8 Å². The summed E-state index contributed by atoms with van der Waals surface area (Å²) in [5.74, 6) is 0. The summed E-state index contributed by atoms with van der Waals surface area (Å²) in [7, 11) is 2.14. The molecule has 20 heavy (non-hydrogen) atoms. The number of aromatic nitrogens is 2. The van der Waals surface area contributed by atoms with E-state index in [1.165, 1.54) is 0 Å². The maximum atomic E-state index is 5.95. The lowest BCUT2D eigenvalue weighted by molar-refractivity contribution is 0.270. The van der Waals surface area contributed by atoms with Crippen LogP contribution in [0.5, 0.6) is 0 Å². The van der Waals surface area contributed by atoms with Crippen LogP contribution in [0.25, 0.3) is 11.0 Å². The van der Waals surface area contributed by atoms with Crippen LogP contribution < -0.4 is 10.6 Å². The molecule has 2 aromatic rings. The van der Waals surface area contributed by atoms with E-state index in [9.17, 15) is 0 Å². The topological polar surface area (TPSA) is 58.3 Å². The second-order valence-electron chi connectivity index (χ2n) is 5.20. The fourth-order valence-corrected chi connectivity index (χ4v) is 3.07. The van der Waals surface area contributed by atoms with Crippen molar-refractivity contribution < 1.29 is 0 Å². The van der Waals surface area contributed by atoms with E-state index < -0.39 is 0 Å². The van der Waals surface area contributed by atoms with Crippen molar-refractivity contribution in [1.82, 2.24) is 14.9 Å². The molecule has 5 nitrogen and oxygen atoms in total. The number of nitrogens with zero attached hydrogens (tertiary/aromatic N) is 4. The van der Waals surface area contributed by atoms with E-state index in [-0.39, 0.29) is 0 Å². The lowest BCUT2D eigenvalue weighted by atomic mass is 10.1. The molecule has 1 saturated heterocycles. The van der Waals surface area contributed by atoms with Gasteiger partial charge in [-0.25, -0.2) is 0 Å². The first-order chi connectivity index (χ1) is 9.69. The fraction of sp³-hybridized carbons (Fsp3) is 0.429. The largest absolute Gasteiger partial charge is 0.363 e. The highest BCUT2D eigenvalue weighted by Crippen LogP contribution is 2.27. The van der Waals surface area contributed by atoms with Crippen molar-refractivity contribution in [2.75, 3.05) is 38.1 Å². The number of likely N-dealkylation sites (N-methyl/N-ethyl adjacent to an activating group) is 1. The lowest BCUT2D eigenvalue weighted by Gasteiger charge is -2.41. The zero-order valence-corrected chi connectivity index (χ0v) is 13.0. The summed E-state index contributed by atoms with van der Waals surface area (Å²) in [4.78, 5) is 13.6. The van der Waals surface area contributed by atoms with Gasteiger partial charge in [0.1, 0.15) is 5.52 Å². The third-order valence-electron chi connectivity index (χ3n) is 3.79. The van der Waals surface area contributed by atoms with Crippen LogP contribution in [-0.4, -0.2) is 54.1 Å². The summed E-state index contributed by atoms with van der Waals surface area (Å²) in [5.41, 5.74) is 8.93. The van der Waals surface area contributed by atoms with E-state index >= 15 is 0 Å². The van der Waals surface area contributed by atoms with Crippen LogP contribution in [0.2, 0.25) is 0 Å². The molecule has 3 rings (SSSR count). The minimum Gasteiger partial charge on any atom is -0.363 e. The van der Waals surface area contributed by atoms with Gasteiger partial charge in [-0.15, -0.1) is 0 Å². The number of halogens is 1. The van der Waals surface area contributed by atoms with Gasteiger partial charge in [-0.1, -0.05) is 0 Å². The predicted molar refractivity (Wildman–Crippen MR) is 84.9 cm³/mol. The lowest BCUT2D eigenvalue weighted by Crippen LogP contribution is -2.55. The van der Waals surface area contributed by atoms with Crippen molar-refractivity contribution in [2.24, 2.45) is 5.73 Å². The van der Waals surface area contributed by atoms with E-state index in [0.29, 0.717) is 12.6 Å². The number of rotatable bonds is 2. The molecule has 1 aliphatic heterocycles. The summed E-state index contributed by atoms with van der Waals surface area (Å²) in [6, 6.07) is 4.36. The van der Waals surface area contributed by atoms with Gasteiger partial charge in [0.25, 0.3) is 0 Å². The first kappa shape index (κ1) is 13.7. The monoisotopic (exact) mass is 335 g/mol. The van der Waals surface area contributed by atoms with Crippen molar-refractivity contribution in [2.45, 2.75) is 6.04 Å². The molecule has 106 valence electrons. The Morgan fingerprint density at radius 3 is 3.05 bits per heavy atom. The van der Waals surface area contributed by atoms with Gasteiger partial charge >= 0.3 is 0 Å². The van der Waals surface area contributed by atoms with Crippen LogP contribution in [0.15, 0.2) is 29.0 Å². The average Bonchev–Trinajstić information content (AvgIpc) is 2.46. The van der Waals surface area contributed by atoms with Crippen molar-refractivity contribution in [3.63, 3.8) is 0 Å². The van der Waals surface area contributed by atoms with Crippen LogP contribution in [0.4, 0.5) is 5.69 Å². The second-order valence-corrected chi connectivity index (χ2v) is 6.11. The smallest absolute Gasteiger partial charge is 0.112 e. The highest BCUT2D eigenvalue weighted by atomic mass is 79.9. The van der Waals surface area contributed by atoms with Crippen molar-refractivity contribution in [3.05, 3.63) is 29.0 Å². The zero-order valence-electron chi connectivity index (χ0n) is 11.5. The standard InChI is InChI=1S/C14H18BrN5/c1-19-4-5-20(11(7-16)9-19)13-2-3-17-12-6-10(15)8-18-14(12)13/h2-3,6,8,11H,4-5,7,9,16H2,1H3. The third kappa shape index (κ3) is 2.51. The van der Waals surface area contributed by atoms with Crippen molar-refractivity contribution in [1.29, 1.82) is 0 Å². The molecular weight excluding hydrogens is 318 g/mol. The Kier molecular flexibility index (Phi) is 3.87. The maximum absolute atomic E-state index is 5.95. The molecule has 1 aliphatic rings. The molecule has 1 atom stereocenters. The van der Waals surface area contributed by atoms with Crippen molar-refractivity contribution in [3.8, 4) is 0 Å². The Labute approximate surface area is 126 Å². The minimum absolute atomic E-state index is 0.324. The number of fused-ring (bicyclic) bond motifs is 1. The Bertz CT molecular complexity index is 618. The Hall–Kier alpha value is -1.24. The summed E-state index contributed by atoms with van der Waals surface area (Å²) in [6.45, 7) is 3.63. The Morgan fingerprint density at radius 2 is 2.25 bits per heavy atom. The summed E-state index contributed by atoms with van der Waals surface area (Å²) < 4.78 is 0.948. The molecule has 0 radical (unpaired) electrons. The molecule has 0 spiro atoms. The average molecular weight is 336 g/mol. The van der Waals surface area contributed by atoms with Gasteiger partial charge in [-0.3, -0.25) is 9.97 Å². The molecule has 0 amide bonds. The first-order valence-electron chi connectivity index (χ1n) is 6.74. The van der Waals surface area contributed by atoms with Crippen LogP contribution in [0, 0.1) is 0 Å². The highest BCUT2D eigenvalue weighted by molar-refractivity contribution is 9.10. The summed E-state index contributed by atoms with van der Waals surface area (Å²) in [5, 5.41) is 0. The number of hydrogen-bond acceptors (Lipinski definition) is 5. The van der Waals surface area contributed by atoms with Crippen LogP contribution in [0.3, 0.4) is 0 Å². The van der Waals surface area contributed by atoms with E-state index in [1.54, 1.807) is 0 Å². The highest BCUT2D eigenvalue weighted by Gasteiger charge is 2.25. The van der Waals surface area contributed by atoms with Crippen LogP contribution in [0.1, 0.15) is 0 Å². The van der Waals surface area contributed by atoms with E-state index in [1.807, 2.05) is 24.5 Å². The van der Waals surface area contributed by atoms with E-state index in [2.05, 4.69) is 42.7 Å². The molecule has 0 aromatic carbocycles. The van der Waals surface area contributed by atoms with Gasteiger partial charge in [0.15, 0.2) is 0 Å². The number of anilines is 1. The molecule has 0 bridgehead atoms. The normalized spacial score (nSPS) is 20.6. The molecule has 2 N–H and O–H groups in total. The molecule has 6 heteroatoms. The molecule has 3 heterocycles. The number of nitrogens with two attached hydrogens (primary N) is 1. The molecule has 1 unspecified atom stereocenters. The van der Waals surface area contributed by atoms with Gasteiger partial charge in [0.2, 0.25) is 0 Å². The molecule has 2 aromatic heterocycles. The number of hydrogen-bond donors (Lipinski definition) is 1. The quantitative estimate of drug-likeness (QED) is 0.900. The second kappa shape index (κ2) is 5.63. The minimum atomic E-state index is 0.324. The Morgan fingerprint density at radius 1 is 1.40 bits per heavy atom. The number of piperazine rings is 1.